The Morgan fingerprint density at radius 2 is 1.79 bits per heavy atom. The summed E-state index contributed by atoms with van der Waals surface area (Å²) in [5.74, 6) is -4.22. The van der Waals surface area contributed by atoms with Crippen molar-refractivity contribution in [1.29, 1.82) is 5.26 Å². The lowest BCUT2D eigenvalue weighted by atomic mass is 9.99. The molecule has 1 aliphatic rings. The Balaban J connectivity index is 1.42. The van der Waals surface area contributed by atoms with Crippen LogP contribution in [-0.2, 0) is 12.5 Å². The zero-order chi connectivity index (χ0) is 27.0. The molecule has 0 spiro atoms. The summed E-state index contributed by atoms with van der Waals surface area (Å²) in [6.45, 7) is 2.13. The largest absolute Gasteiger partial charge is 0.322 e. The molecule has 1 aromatic heterocycles. The van der Waals surface area contributed by atoms with Crippen molar-refractivity contribution < 1.29 is 18.4 Å². The van der Waals surface area contributed by atoms with Gasteiger partial charge in [0.15, 0.2) is 0 Å². The number of nitrogens with zero attached hydrogens (tertiary/aromatic N) is 4. The topological polar surface area (TPSA) is 91.0 Å². The maximum Gasteiger partial charge on any atom is 0.298 e. The second-order valence-electron chi connectivity index (χ2n) is 8.86. The molecule has 0 saturated carbocycles. The van der Waals surface area contributed by atoms with Gasteiger partial charge in [0.1, 0.15) is 11.8 Å². The van der Waals surface area contributed by atoms with Crippen molar-refractivity contribution in [3.63, 3.8) is 0 Å². The summed E-state index contributed by atoms with van der Waals surface area (Å²) in [7, 11) is 0. The van der Waals surface area contributed by atoms with Crippen LogP contribution in [0.2, 0.25) is 0 Å². The summed E-state index contributed by atoms with van der Waals surface area (Å²) in [5.41, 5.74) is 1.01. The first-order chi connectivity index (χ1) is 18.2. The highest BCUT2D eigenvalue weighted by Gasteiger charge is 2.37. The van der Waals surface area contributed by atoms with Gasteiger partial charge in [-0.25, -0.2) is 0 Å². The third-order valence-electron chi connectivity index (χ3n) is 6.37. The Kier molecular flexibility index (Phi) is 6.55. The average molecular weight is 576 g/mol. The fraction of sp³-hybridized carbons (Fsp3) is 0.143. The van der Waals surface area contributed by atoms with Gasteiger partial charge in [-0.1, -0.05) is 42.5 Å². The number of carbonyl (C=O) groups excluding carboxylic acids is 2. The van der Waals surface area contributed by atoms with E-state index in [0.717, 1.165) is 0 Å². The molecule has 38 heavy (non-hydrogen) atoms. The molecule has 5 rings (SSSR count). The van der Waals surface area contributed by atoms with Crippen LogP contribution in [0.15, 0.2) is 83.5 Å². The summed E-state index contributed by atoms with van der Waals surface area (Å²) in [4.78, 5) is 28.2. The molecule has 10 heteroatoms. The number of anilines is 2. The number of nitriles is 1. The maximum atomic E-state index is 15.0. The second-order valence-corrected chi connectivity index (χ2v) is 9.72. The summed E-state index contributed by atoms with van der Waals surface area (Å²) >= 11 is 3.27. The van der Waals surface area contributed by atoms with Gasteiger partial charge >= 0.3 is 0 Å². The molecule has 1 aliphatic heterocycles. The van der Waals surface area contributed by atoms with Gasteiger partial charge in [0.2, 0.25) is 0 Å². The molecule has 7 nitrogen and oxygen atoms in total. The lowest BCUT2D eigenvalue weighted by Gasteiger charge is -2.34. The maximum absolute atomic E-state index is 15.0. The Morgan fingerprint density at radius 1 is 1.11 bits per heavy atom. The van der Waals surface area contributed by atoms with Crippen LogP contribution < -0.4 is 10.2 Å². The lowest BCUT2D eigenvalue weighted by molar-refractivity contribution is 0.0428. The molecule has 0 radical (unpaired) electrons. The van der Waals surface area contributed by atoms with Crippen molar-refractivity contribution in [3.05, 3.63) is 111 Å². The number of alkyl halides is 2. The molecular formula is C28H20BrF2N5O2. The zero-order valence-corrected chi connectivity index (χ0v) is 21.6. The predicted octanol–water partition coefficient (Wildman–Crippen LogP) is 5.96. The molecule has 0 saturated heterocycles. The van der Waals surface area contributed by atoms with E-state index in [2.05, 4.69) is 26.3 Å². The van der Waals surface area contributed by atoms with E-state index in [-0.39, 0.29) is 28.4 Å². The fourth-order valence-electron chi connectivity index (χ4n) is 4.47. The van der Waals surface area contributed by atoms with Crippen molar-refractivity contribution in [1.82, 2.24) is 9.78 Å². The second kappa shape index (κ2) is 9.84. The van der Waals surface area contributed by atoms with E-state index in [1.54, 1.807) is 30.3 Å². The molecule has 0 aliphatic carbocycles. The molecule has 0 bridgehead atoms. The first-order valence-corrected chi connectivity index (χ1v) is 12.4. The van der Waals surface area contributed by atoms with E-state index in [9.17, 15) is 14.9 Å². The van der Waals surface area contributed by atoms with E-state index < -0.39 is 17.7 Å². The molecular weight excluding hydrogens is 556 g/mol. The van der Waals surface area contributed by atoms with Crippen LogP contribution in [0.25, 0.3) is 0 Å². The Morgan fingerprint density at radius 3 is 2.47 bits per heavy atom. The van der Waals surface area contributed by atoms with Crippen LogP contribution in [-0.4, -0.2) is 27.6 Å². The highest BCUT2D eigenvalue weighted by atomic mass is 79.9. The SMILES string of the molecule is CC1Cn2ncc(C(=O)Nc3ccc(Br)c(C#N)c3)c2C(=O)N1c1ccc(C(F)(F)c2ccccc2)cc1. The molecule has 1 N–H and O–H groups in total. The number of fused-ring (bicyclic) bond motifs is 1. The number of carbonyl (C=O) groups is 2. The Labute approximate surface area is 225 Å². The molecule has 190 valence electrons. The van der Waals surface area contributed by atoms with Gasteiger partial charge in [0, 0.05) is 27.0 Å². The Bertz CT molecular complexity index is 1580. The van der Waals surface area contributed by atoms with Crippen LogP contribution in [0.5, 0.6) is 0 Å². The van der Waals surface area contributed by atoms with Crippen LogP contribution in [0.3, 0.4) is 0 Å². The van der Waals surface area contributed by atoms with Crippen molar-refractivity contribution in [3.8, 4) is 6.07 Å². The molecule has 1 unspecified atom stereocenters. The van der Waals surface area contributed by atoms with Gasteiger partial charge in [-0.05, 0) is 53.2 Å². The minimum Gasteiger partial charge on any atom is -0.322 e. The smallest absolute Gasteiger partial charge is 0.298 e. The summed E-state index contributed by atoms with van der Waals surface area (Å²) in [6.07, 6.45) is 1.33. The normalized spacial score (nSPS) is 15.1. The third-order valence-corrected chi connectivity index (χ3v) is 7.06. The first-order valence-electron chi connectivity index (χ1n) is 11.6. The van der Waals surface area contributed by atoms with E-state index in [0.29, 0.717) is 28.0 Å². The van der Waals surface area contributed by atoms with Crippen LogP contribution in [0, 0.1) is 11.3 Å². The van der Waals surface area contributed by atoms with Gasteiger partial charge in [0.05, 0.1) is 29.9 Å². The molecule has 2 amide bonds. The van der Waals surface area contributed by atoms with Crippen molar-refractivity contribution in [2.75, 3.05) is 10.2 Å². The van der Waals surface area contributed by atoms with Crippen LogP contribution in [0.1, 0.15) is 44.5 Å². The van der Waals surface area contributed by atoms with Crippen molar-refractivity contribution in [2.24, 2.45) is 0 Å². The fourth-order valence-corrected chi connectivity index (χ4v) is 4.80. The highest BCUT2D eigenvalue weighted by Crippen LogP contribution is 2.37. The van der Waals surface area contributed by atoms with E-state index in [1.165, 1.54) is 58.2 Å². The average Bonchev–Trinajstić information content (AvgIpc) is 3.35. The first kappa shape index (κ1) is 25.3. The van der Waals surface area contributed by atoms with Crippen molar-refractivity contribution in [2.45, 2.75) is 25.4 Å². The monoisotopic (exact) mass is 575 g/mol. The molecule has 0 fully saturated rings. The summed E-state index contributed by atoms with van der Waals surface area (Å²) < 4.78 is 32.1. The minimum absolute atomic E-state index is 0.0700. The molecule has 3 aromatic carbocycles. The zero-order valence-electron chi connectivity index (χ0n) is 20.0. The number of hydrogen-bond acceptors (Lipinski definition) is 4. The Hall–Kier alpha value is -4.36. The van der Waals surface area contributed by atoms with Crippen LogP contribution >= 0.6 is 15.9 Å². The lowest BCUT2D eigenvalue weighted by Crippen LogP contribution is -2.47. The number of halogens is 3. The van der Waals surface area contributed by atoms with Gasteiger partial charge < -0.3 is 10.2 Å². The van der Waals surface area contributed by atoms with Crippen LogP contribution in [0.4, 0.5) is 20.2 Å². The molecule has 2 heterocycles. The number of amides is 2. The molecule has 4 aromatic rings. The third kappa shape index (κ3) is 4.46. The number of hydrogen-bond donors (Lipinski definition) is 1. The summed E-state index contributed by atoms with van der Waals surface area (Å²) in [6, 6.07) is 19.6. The standard InChI is InChI=1S/C28H20BrF2N5O2/c1-17-16-35-25(23(15-33-35)26(37)34-21-9-12-24(29)18(13-21)14-32)27(38)36(17)22-10-7-20(8-11-22)28(30,31)19-5-3-2-4-6-19/h2-13,15,17H,16H2,1H3,(H,34,37). The highest BCUT2D eigenvalue weighted by molar-refractivity contribution is 9.10. The van der Waals surface area contributed by atoms with Gasteiger partial charge in [-0.3, -0.25) is 14.3 Å². The van der Waals surface area contributed by atoms with Crippen molar-refractivity contribution >= 4 is 39.1 Å². The minimum atomic E-state index is -3.19. The quantitative estimate of drug-likeness (QED) is 0.318. The van der Waals surface area contributed by atoms with Gasteiger partial charge in [-0.15, -0.1) is 0 Å². The van der Waals surface area contributed by atoms with Gasteiger partial charge in [-0.2, -0.15) is 19.1 Å². The number of nitrogens with one attached hydrogen (secondary N) is 1. The summed E-state index contributed by atoms with van der Waals surface area (Å²) in [5, 5.41) is 16.2. The van der Waals surface area contributed by atoms with Gasteiger partial charge in [0.25, 0.3) is 17.7 Å². The number of rotatable bonds is 5. The predicted molar refractivity (Wildman–Crippen MR) is 141 cm³/mol. The number of aromatic nitrogens is 2. The molecule has 1 atom stereocenters. The van der Waals surface area contributed by atoms with E-state index in [4.69, 9.17) is 0 Å². The van der Waals surface area contributed by atoms with E-state index in [1.807, 2.05) is 13.0 Å². The number of benzene rings is 3. The van der Waals surface area contributed by atoms with E-state index >= 15 is 8.78 Å².